The van der Waals surface area contributed by atoms with Crippen molar-refractivity contribution in [1.82, 2.24) is 14.9 Å². The van der Waals surface area contributed by atoms with Crippen molar-refractivity contribution in [2.75, 3.05) is 12.4 Å². The summed E-state index contributed by atoms with van der Waals surface area (Å²) in [4.78, 5) is 23.4. The van der Waals surface area contributed by atoms with Gasteiger partial charge in [-0.3, -0.25) is 19.7 Å². The third-order valence-corrected chi connectivity index (χ3v) is 5.15. The van der Waals surface area contributed by atoms with Crippen LogP contribution in [0.25, 0.3) is 0 Å². The highest BCUT2D eigenvalue weighted by molar-refractivity contribution is 6.04. The molecular weight excluding hydrogens is 348 g/mol. The molecule has 0 aliphatic carbocycles. The van der Waals surface area contributed by atoms with Crippen LogP contribution in [0.3, 0.4) is 0 Å². The highest BCUT2D eigenvalue weighted by Gasteiger charge is 2.14. The third kappa shape index (κ3) is 4.61. The first-order valence-electron chi connectivity index (χ1n) is 9.38. The summed E-state index contributed by atoms with van der Waals surface area (Å²) in [6.45, 7) is 6.79. The summed E-state index contributed by atoms with van der Waals surface area (Å²) in [7, 11) is 2.08. The second-order valence-electron chi connectivity index (χ2n) is 7.10. The van der Waals surface area contributed by atoms with Gasteiger partial charge >= 0.3 is 0 Å². The summed E-state index contributed by atoms with van der Waals surface area (Å²) < 4.78 is 0. The van der Waals surface area contributed by atoms with Crippen LogP contribution in [0.4, 0.5) is 5.69 Å². The van der Waals surface area contributed by atoms with Gasteiger partial charge in [0.25, 0.3) is 5.91 Å². The number of pyridine rings is 2. The van der Waals surface area contributed by atoms with E-state index in [2.05, 4.69) is 40.2 Å². The molecule has 3 aromatic rings. The van der Waals surface area contributed by atoms with Crippen molar-refractivity contribution in [2.45, 2.75) is 33.4 Å². The van der Waals surface area contributed by atoms with Crippen molar-refractivity contribution in [3.63, 3.8) is 0 Å². The number of rotatable bonds is 6. The molecule has 2 aromatic heterocycles. The van der Waals surface area contributed by atoms with Gasteiger partial charge in [0, 0.05) is 48.1 Å². The zero-order valence-electron chi connectivity index (χ0n) is 16.8. The van der Waals surface area contributed by atoms with Crippen LogP contribution in [0.5, 0.6) is 0 Å². The molecule has 5 heteroatoms. The van der Waals surface area contributed by atoms with Gasteiger partial charge in [0.05, 0.1) is 0 Å². The van der Waals surface area contributed by atoms with E-state index in [-0.39, 0.29) is 11.9 Å². The minimum Gasteiger partial charge on any atom is -0.322 e. The van der Waals surface area contributed by atoms with E-state index in [4.69, 9.17) is 0 Å². The number of amides is 1. The van der Waals surface area contributed by atoms with Gasteiger partial charge in [-0.2, -0.15) is 0 Å². The van der Waals surface area contributed by atoms with Crippen molar-refractivity contribution >= 4 is 11.6 Å². The fraction of sp³-hybridized carbons (Fsp3) is 0.261. The molecule has 1 atom stereocenters. The first-order chi connectivity index (χ1) is 13.5. The summed E-state index contributed by atoms with van der Waals surface area (Å²) >= 11 is 0. The molecule has 0 aliphatic rings. The summed E-state index contributed by atoms with van der Waals surface area (Å²) in [6, 6.07) is 13.9. The van der Waals surface area contributed by atoms with Gasteiger partial charge in [-0.15, -0.1) is 0 Å². The maximum absolute atomic E-state index is 12.7. The van der Waals surface area contributed by atoms with Crippen molar-refractivity contribution in [3.05, 3.63) is 89.0 Å². The van der Waals surface area contributed by atoms with E-state index >= 15 is 0 Å². The Morgan fingerprint density at radius 1 is 1.14 bits per heavy atom. The Morgan fingerprint density at radius 3 is 2.71 bits per heavy atom. The van der Waals surface area contributed by atoms with E-state index in [9.17, 15) is 4.79 Å². The van der Waals surface area contributed by atoms with Gasteiger partial charge in [-0.25, -0.2) is 0 Å². The smallest absolute Gasteiger partial charge is 0.255 e. The Hall–Kier alpha value is -3.05. The third-order valence-electron chi connectivity index (χ3n) is 5.15. The van der Waals surface area contributed by atoms with Gasteiger partial charge in [0.2, 0.25) is 0 Å². The summed E-state index contributed by atoms with van der Waals surface area (Å²) in [5, 5.41) is 3.00. The molecule has 1 aromatic carbocycles. The van der Waals surface area contributed by atoms with Crippen molar-refractivity contribution in [2.24, 2.45) is 0 Å². The van der Waals surface area contributed by atoms with Gasteiger partial charge < -0.3 is 5.32 Å². The van der Waals surface area contributed by atoms with E-state index in [0.29, 0.717) is 5.56 Å². The quantitative estimate of drug-likeness (QED) is 0.688. The normalized spacial score (nSPS) is 12.0. The van der Waals surface area contributed by atoms with E-state index in [1.807, 2.05) is 56.4 Å². The Labute approximate surface area is 166 Å². The maximum Gasteiger partial charge on any atom is 0.255 e. The van der Waals surface area contributed by atoms with E-state index in [1.54, 1.807) is 12.4 Å². The molecule has 0 bridgehead atoms. The minimum atomic E-state index is -0.112. The van der Waals surface area contributed by atoms with Crippen molar-refractivity contribution in [3.8, 4) is 0 Å². The first-order valence-corrected chi connectivity index (χ1v) is 9.38. The molecule has 1 N–H and O–H groups in total. The summed E-state index contributed by atoms with van der Waals surface area (Å²) in [5.41, 5.74) is 5.60. The molecule has 0 aliphatic heterocycles. The Morgan fingerprint density at radius 2 is 1.96 bits per heavy atom. The lowest BCUT2D eigenvalue weighted by molar-refractivity contribution is 0.102. The first kappa shape index (κ1) is 19.7. The molecule has 1 amide bonds. The molecule has 3 rings (SSSR count). The maximum atomic E-state index is 12.7. The van der Waals surface area contributed by atoms with Crippen LogP contribution >= 0.6 is 0 Å². The Balaban J connectivity index is 1.71. The van der Waals surface area contributed by atoms with Gasteiger partial charge in [0.1, 0.15) is 0 Å². The fourth-order valence-electron chi connectivity index (χ4n) is 3.08. The standard InChI is InChI=1S/C23H26N4O/c1-16-17(2)25-12-10-22(16)26-23(28)20-8-5-7-19(13-20)15-27(4)18(3)21-9-6-11-24-14-21/h5-14,18H,15H2,1-4H3,(H,25,26,28). The Kier molecular flexibility index (Phi) is 6.16. The van der Waals surface area contributed by atoms with Crippen LogP contribution < -0.4 is 5.32 Å². The fourth-order valence-corrected chi connectivity index (χ4v) is 3.08. The zero-order chi connectivity index (χ0) is 20.1. The molecule has 0 radical (unpaired) electrons. The number of aryl methyl sites for hydroxylation is 1. The molecule has 2 heterocycles. The van der Waals surface area contributed by atoms with Crippen molar-refractivity contribution < 1.29 is 4.79 Å². The molecule has 0 saturated heterocycles. The molecule has 5 nitrogen and oxygen atoms in total. The summed E-state index contributed by atoms with van der Waals surface area (Å²) in [5.74, 6) is -0.112. The second-order valence-corrected chi connectivity index (χ2v) is 7.10. The van der Waals surface area contributed by atoms with Crippen LogP contribution in [-0.4, -0.2) is 27.8 Å². The number of benzene rings is 1. The van der Waals surface area contributed by atoms with Gasteiger partial charge in [-0.05, 0) is 68.8 Å². The average Bonchev–Trinajstić information content (AvgIpc) is 2.71. The van der Waals surface area contributed by atoms with Crippen LogP contribution in [0, 0.1) is 13.8 Å². The van der Waals surface area contributed by atoms with Crippen LogP contribution in [-0.2, 0) is 6.54 Å². The van der Waals surface area contributed by atoms with Crippen LogP contribution in [0.2, 0.25) is 0 Å². The highest BCUT2D eigenvalue weighted by Crippen LogP contribution is 2.21. The highest BCUT2D eigenvalue weighted by atomic mass is 16.1. The SMILES string of the molecule is Cc1nccc(NC(=O)c2cccc(CN(C)C(C)c3cccnc3)c2)c1C. The lowest BCUT2D eigenvalue weighted by atomic mass is 10.1. The molecule has 1 unspecified atom stereocenters. The van der Waals surface area contributed by atoms with E-state index < -0.39 is 0 Å². The molecule has 0 saturated carbocycles. The number of carbonyl (C=O) groups excluding carboxylic acids is 1. The number of hydrogen-bond donors (Lipinski definition) is 1. The number of hydrogen-bond acceptors (Lipinski definition) is 4. The van der Waals surface area contributed by atoms with Gasteiger partial charge in [0.15, 0.2) is 0 Å². The largest absolute Gasteiger partial charge is 0.322 e. The van der Waals surface area contributed by atoms with Crippen LogP contribution in [0.1, 0.15) is 45.7 Å². The predicted molar refractivity (Wildman–Crippen MR) is 112 cm³/mol. The van der Waals surface area contributed by atoms with Gasteiger partial charge in [-0.1, -0.05) is 18.2 Å². The number of aromatic nitrogens is 2. The Bertz CT molecular complexity index is 956. The second kappa shape index (κ2) is 8.76. The minimum absolute atomic E-state index is 0.112. The predicted octanol–water partition coefficient (Wildman–Crippen LogP) is 4.54. The topological polar surface area (TPSA) is 58.1 Å². The lowest BCUT2D eigenvalue weighted by Gasteiger charge is -2.25. The molecular formula is C23H26N4O. The van der Waals surface area contributed by atoms with E-state index in [0.717, 1.165) is 29.1 Å². The monoisotopic (exact) mass is 374 g/mol. The number of nitrogens with zero attached hydrogens (tertiary/aromatic N) is 3. The number of carbonyl (C=O) groups is 1. The average molecular weight is 374 g/mol. The lowest BCUT2D eigenvalue weighted by Crippen LogP contribution is -2.22. The van der Waals surface area contributed by atoms with Crippen LogP contribution in [0.15, 0.2) is 61.1 Å². The molecule has 0 fully saturated rings. The van der Waals surface area contributed by atoms with E-state index in [1.165, 1.54) is 5.56 Å². The van der Waals surface area contributed by atoms with Crippen molar-refractivity contribution in [1.29, 1.82) is 0 Å². The molecule has 28 heavy (non-hydrogen) atoms. The molecule has 0 spiro atoms. The molecule has 144 valence electrons. The number of anilines is 1. The zero-order valence-corrected chi connectivity index (χ0v) is 16.8. The summed E-state index contributed by atoms with van der Waals surface area (Å²) in [6.07, 6.45) is 5.39. The number of nitrogens with one attached hydrogen (secondary N) is 1.